The number of carbonyl (C=O) groups excluding carboxylic acids is 1. The number of hydrogen-bond acceptors (Lipinski definition) is 6. The normalized spacial score (nSPS) is 13.8. The molecule has 0 aliphatic carbocycles. The Labute approximate surface area is 216 Å². The Hall–Kier alpha value is -3.65. The van der Waals surface area contributed by atoms with E-state index in [1.807, 2.05) is 47.0 Å². The highest BCUT2D eigenvalue weighted by Gasteiger charge is 2.17. The van der Waals surface area contributed by atoms with Gasteiger partial charge in [-0.3, -0.25) is 14.3 Å². The largest absolute Gasteiger partial charge is 0.372 e. The molecule has 184 valence electrons. The summed E-state index contributed by atoms with van der Waals surface area (Å²) in [5.74, 6) is 0.909. The molecule has 1 fully saturated rings. The van der Waals surface area contributed by atoms with Gasteiger partial charge in [-0.1, -0.05) is 54.9 Å². The first-order chi connectivity index (χ1) is 17.8. The molecule has 4 aromatic rings. The van der Waals surface area contributed by atoms with Gasteiger partial charge in [0.15, 0.2) is 11.0 Å². The predicted molar refractivity (Wildman–Crippen MR) is 145 cm³/mol. The van der Waals surface area contributed by atoms with Gasteiger partial charge < -0.3 is 10.2 Å². The third-order valence-corrected chi connectivity index (χ3v) is 7.24. The van der Waals surface area contributed by atoms with Crippen molar-refractivity contribution in [1.82, 2.24) is 19.7 Å². The molecule has 3 heterocycles. The average molecular weight is 499 g/mol. The number of nitrogens with one attached hydrogen (secondary N) is 1. The van der Waals surface area contributed by atoms with Crippen LogP contribution in [0.2, 0.25) is 0 Å². The van der Waals surface area contributed by atoms with Crippen LogP contribution in [0.3, 0.4) is 0 Å². The summed E-state index contributed by atoms with van der Waals surface area (Å²) in [7, 11) is 0. The summed E-state index contributed by atoms with van der Waals surface area (Å²) in [5, 5.41) is 12.5. The second-order valence-electron chi connectivity index (χ2n) is 8.90. The second kappa shape index (κ2) is 11.9. The zero-order valence-corrected chi connectivity index (χ0v) is 21.0. The van der Waals surface area contributed by atoms with E-state index in [1.54, 1.807) is 12.4 Å². The number of nitrogens with zero attached hydrogens (tertiary/aromatic N) is 5. The van der Waals surface area contributed by atoms with Crippen LogP contribution in [-0.4, -0.2) is 44.5 Å². The van der Waals surface area contributed by atoms with Crippen molar-refractivity contribution >= 4 is 29.0 Å². The molecule has 2 aromatic carbocycles. The Morgan fingerprint density at radius 2 is 1.67 bits per heavy atom. The van der Waals surface area contributed by atoms with Gasteiger partial charge in [0.2, 0.25) is 5.91 Å². The molecule has 1 aliphatic heterocycles. The highest BCUT2D eigenvalue weighted by Crippen LogP contribution is 2.26. The first kappa shape index (κ1) is 24.1. The molecule has 0 spiro atoms. The lowest BCUT2D eigenvalue weighted by molar-refractivity contribution is -0.113. The van der Waals surface area contributed by atoms with E-state index >= 15 is 0 Å². The zero-order valence-electron chi connectivity index (χ0n) is 20.2. The van der Waals surface area contributed by atoms with E-state index in [0.29, 0.717) is 11.7 Å². The highest BCUT2D eigenvalue weighted by molar-refractivity contribution is 7.99. The molecule has 5 rings (SSSR count). The summed E-state index contributed by atoms with van der Waals surface area (Å²) >= 11 is 1.39. The summed E-state index contributed by atoms with van der Waals surface area (Å²) in [5.41, 5.74) is 4.06. The SMILES string of the molecule is O=C(CSc1nnc(-c2cccnc2)n1Cc1ccccc1)Nc1ccc(N2CCCCCC2)cc1. The van der Waals surface area contributed by atoms with E-state index in [1.165, 1.54) is 43.1 Å². The lowest BCUT2D eigenvalue weighted by Crippen LogP contribution is -2.23. The van der Waals surface area contributed by atoms with Crippen molar-refractivity contribution in [3.63, 3.8) is 0 Å². The molecule has 1 N–H and O–H groups in total. The fourth-order valence-corrected chi connectivity index (χ4v) is 5.16. The molecule has 0 unspecified atom stereocenters. The van der Waals surface area contributed by atoms with E-state index in [2.05, 4.69) is 49.7 Å². The first-order valence-electron chi connectivity index (χ1n) is 12.4. The van der Waals surface area contributed by atoms with Crippen molar-refractivity contribution < 1.29 is 4.79 Å². The lowest BCUT2D eigenvalue weighted by Gasteiger charge is -2.22. The molecule has 0 atom stereocenters. The van der Waals surface area contributed by atoms with Gasteiger partial charge in [0.25, 0.3) is 0 Å². The maximum absolute atomic E-state index is 12.8. The standard InChI is InChI=1S/C28H30N6OS/c35-26(30-24-12-14-25(15-13-24)33-17-6-1-2-7-18-33)21-36-28-32-31-27(23-11-8-16-29-19-23)34(28)20-22-9-4-3-5-10-22/h3-5,8-16,19H,1-2,6-7,17-18,20-21H2,(H,30,35). The van der Waals surface area contributed by atoms with Gasteiger partial charge in [-0.15, -0.1) is 10.2 Å². The third-order valence-electron chi connectivity index (χ3n) is 6.27. The van der Waals surface area contributed by atoms with Crippen molar-refractivity contribution in [3.8, 4) is 11.4 Å². The van der Waals surface area contributed by atoms with Crippen LogP contribution in [-0.2, 0) is 11.3 Å². The molecule has 8 heteroatoms. The maximum atomic E-state index is 12.8. The monoisotopic (exact) mass is 498 g/mol. The molecular weight excluding hydrogens is 468 g/mol. The van der Waals surface area contributed by atoms with Crippen LogP contribution in [0.1, 0.15) is 31.2 Å². The molecule has 1 saturated heterocycles. The topological polar surface area (TPSA) is 75.9 Å². The zero-order chi connectivity index (χ0) is 24.6. The van der Waals surface area contributed by atoms with Crippen molar-refractivity contribution in [1.29, 1.82) is 0 Å². The molecule has 1 aliphatic rings. The summed E-state index contributed by atoms with van der Waals surface area (Å²) < 4.78 is 2.04. The van der Waals surface area contributed by atoms with Gasteiger partial charge in [-0.25, -0.2) is 0 Å². The second-order valence-corrected chi connectivity index (χ2v) is 9.85. The fraction of sp³-hybridized carbons (Fsp3) is 0.286. The van der Waals surface area contributed by atoms with E-state index in [4.69, 9.17) is 0 Å². The van der Waals surface area contributed by atoms with Crippen LogP contribution in [0.25, 0.3) is 11.4 Å². The van der Waals surface area contributed by atoms with Crippen LogP contribution in [0.15, 0.2) is 84.3 Å². The minimum Gasteiger partial charge on any atom is -0.372 e. The van der Waals surface area contributed by atoms with Gasteiger partial charge in [-0.05, 0) is 54.8 Å². The van der Waals surface area contributed by atoms with Gasteiger partial charge in [0.05, 0.1) is 12.3 Å². The Bertz CT molecular complexity index is 1250. The van der Waals surface area contributed by atoms with E-state index < -0.39 is 0 Å². The molecule has 7 nitrogen and oxygen atoms in total. The third kappa shape index (κ3) is 6.12. The maximum Gasteiger partial charge on any atom is 0.234 e. The van der Waals surface area contributed by atoms with E-state index in [0.717, 1.165) is 35.7 Å². The van der Waals surface area contributed by atoms with Gasteiger partial charge in [0.1, 0.15) is 0 Å². The molecule has 0 saturated carbocycles. The quantitative estimate of drug-likeness (QED) is 0.323. The summed E-state index contributed by atoms with van der Waals surface area (Å²) in [6, 6.07) is 22.2. The number of benzene rings is 2. The van der Waals surface area contributed by atoms with E-state index in [9.17, 15) is 4.79 Å². The Morgan fingerprint density at radius 3 is 2.39 bits per heavy atom. The molecule has 1 amide bonds. The predicted octanol–water partition coefficient (Wildman–Crippen LogP) is 5.50. The summed E-state index contributed by atoms with van der Waals surface area (Å²) in [6.45, 7) is 2.82. The smallest absolute Gasteiger partial charge is 0.234 e. The van der Waals surface area contributed by atoms with Crippen LogP contribution in [0.5, 0.6) is 0 Å². The van der Waals surface area contributed by atoms with Crippen LogP contribution in [0.4, 0.5) is 11.4 Å². The summed E-state index contributed by atoms with van der Waals surface area (Å²) in [6.07, 6.45) is 8.63. The molecule has 2 aromatic heterocycles. The number of anilines is 2. The lowest BCUT2D eigenvalue weighted by atomic mass is 10.2. The van der Waals surface area contributed by atoms with Gasteiger partial charge in [0, 0.05) is 42.4 Å². The Morgan fingerprint density at radius 1 is 0.889 bits per heavy atom. The number of carbonyl (C=O) groups is 1. The highest BCUT2D eigenvalue weighted by atomic mass is 32.2. The Balaban J connectivity index is 1.25. The van der Waals surface area contributed by atoms with Crippen LogP contribution >= 0.6 is 11.8 Å². The molecule has 36 heavy (non-hydrogen) atoms. The minimum absolute atomic E-state index is 0.0697. The number of pyridine rings is 1. The van der Waals surface area contributed by atoms with E-state index in [-0.39, 0.29) is 11.7 Å². The average Bonchev–Trinajstić information content (AvgIpc) is 3.11. The fourth-order valence-electron chi connectivity index (χ4n) is 4.42. The molecular formula is C28H30N6OS. The number of thioether (sulfide) groups is 1. The number of rotatable bonds is 8. The van der Waals surface area contributed by atoms with Crippen molar-refractivity contribution in [2.45, 2.75) is 37.4 Å². The number of hydrogen-bond donors (Lipinski definition) is 1. The Kier molecular flexibility index (Phi) is 7.93. The van der Waals surface area contributed by atoms with Crippen LogP contribution < -0.4 is 10.2 Å². The number of aromatic nitrogens is 4. The van der Waals surface area contributed by atoms with Crippen LogP contribution in [0, 0.1) is 0 Å². The first-order valence-corrected chi connectivity index (χ1v) is 13.4. The van der Waals surface area contributed by atoms with Crippen molar-refractivity contribution in [2.24, 2.45) is 0 Å². The van der Waals surface area contributed by atoms with Crippen molar-refractivity contribution in [2.75, 3.05) is 29.1 Å². The molecule has 0 bridgehead atoms. The minimum atomic E-state index is -0.0697. The van der Waals surface area contributed by atoms with Gasteiger partial charge in [-0.2, -0.15) is 0 Å². The van der Waals surface area contributed by atoms with Crippen molar-refractivity contribution in [3.05, 3.63) is 84.7 Å². The summed E-state index contributed by atoms with van der Waals surface area (Å²) in [4.78, 5) is 19.4. The number of amides is 1. The van der Waals surface area contributed by atoms with Gasteiger partial charge >= 0.3 is 0 Å². The molecule has 0 radical (unpaired) electrons.